The van der Waals surface area contributed by atoms with E-state index in [1.54, 1.807) is 17.2 Å². The number of anilines is 1. The molecule has 4 aromatic rings. The van der Waals surface area contributed by atoms with Crippen LogP contribution in [0, 0.1) is 18.6 Å². The van der Waals surface area contributed by atoms with Gasteiger partial charge < -0.3 is 15.5 Å². The molecule has 0 saturated carbocycles. The first kappa shape index (κ1) is 30.5. The number of rotatable bonds is 7. The number of aryl methyl sites for hydroxylation is 1. The average molecular weight is 602 g/mol. The number of piperazine rings is 1. The predicted molar refractivity (Wildman–Crippen MR) is 164 cm³/mol. The van der Waals surface area contributed by atoms with Crippen LogP contribution in [0.1, 0.15) is 43.5 Å². The normalized spacial score (nSPS) is 15.2. The smallest absolute Gasteiger partial charge is 0.355 e. The summed E-state index contributed by atoms with van der Waals surface area (Å²) in [5, 5.41) is 0.215. The molecule has 228 valence electrons. The Bertz CT molecular complexity index is 1870. The number of hydrogen-bond acceptors (Lipinski definition) is 7. The molecule has 1 aliphatic heterocycles. The number of carbonyl (C=O) groups is 2. The van der Waals surface area contributed by atoms with Crippen molar-refractivity contribution in [2.24, 2.45) is 5.73 Å². The molecule has 0 bridgehead atoms. The van der Waals surface area contributed by atoms with Gasteiger partial charge in [0.15, 0.2) is 5.65 Å². The molecule has 2 amide bonds. The van der Waals surface area contributed by atoms with Crippen LogP contribution in [-0.2, 0) is 16.0 Å². The van der Waals surface area contributed by atoms with Crippen LogP contribution in [0.2, 0.25) is 0 Å². The number of hydrogen-bond donors (Lipinski definition) is 1. The van der Waals surface area contributed by atoms with Gasteiger partial charge in [0, 0.05) is 37.4 Å². The SMILES string of the molecule is C=CC(=O)N1CCN(c2nc(=O)n(-c3c(C)ccnc3C(C)C)c3nc(-c4c(F)cccc4CC(N)=O)c(F)cc23)C(C)C1. The molecule has 44 heavy (non-hydrogen) atoms. The van der Waals surface area contributed by atoms with E-state index in [2.05, 4.69) is 21.5 Å². The predicted octanol–water partition coefficient (Wildman–Crippen LogP) is 3.80. The van der Waals surface area contributed by atoms with Crippen molar-refractivity contribution in [2.75, 3.05) is 24.5 Å². The molecule has 12 heteroatoms. The summed E-state index contributed by atoms with van der Waals surface area (Å²) in [4.78, 5) is 55.1. The minimum absolute atomic E-state index is 0.0412. The Morgan fingerprint density at radius 2 is 1.91 bits per heavy atom. The van der Waals surface area contributed by atoms with Gasteiger partial charge in [0.05, 0.1) is 23.2 Å². The first-order chi connectivity index (χ1) is 20.9. The van der Waals surface area contributed by atoms with E-state index in [0.29, 0.717) is 36.6 Å². The van der Waals surface area contributed by atoms with E-state index in [-0.39, 0.29) is 58.0 Å². The Hall–Kier alpha value is -5.00. The number of halogens is 2. The summed E-state index contributed by atoms with van der Waals surface area (Å²) in [7, 11) is 0. The minimum Gasteiger partial charge on any atom is -0.369 e. The molecular formula is C32H33F2N7O3. The zero-order valence-corrected chi connectivity index (χ0v) is 25.0. The fourth-order valence-corrected chi connectivity index (χ4v) is 5.76. The molecule has 1 unspecified atom stereocenters. The molecule has 1 aromatic carbocycles. The maximum atomic E-state index is 16.1. The summed E-state index contributed by atoms with van der Waals surface area (Å²) in [5.74, 6) is -2.52. The molecule has 0 spiro atoms. The molecule has 1 atom stereocenters. The number of benzene rings is 1. The third-order valence-corrected chi connectivity index (χ3v) is 7.81. The standard InChI is InChI=1S/C32H33F2N7O3/c1-6-25(43)39-12-13-40(19(5)16-39)30-21-15-23(34)28(26-20(14-24(35)42)8-7-9-22(26)33)37-31(21)41(32(44)38-30)29-18(4)10-11-36-27(29)17(2)3/h6-11,15,17,19H,1,12-14,16H2,2-5H3,(H2,35,42). The van der Waals surface area contributed by atoms with Crippen LogP contribution in [-0.4, -0.2) is 61.9 Å². The number of nitrogens with zero attached hydrogens (tertiary/aromatic N) is 6. The lowest BCUT2D eigenvalue weighted by Crippen LogP contribution is -2.54. The quantitative estimate of drug-likeness (QED) is 0.319. The van der Waals surface area contributed by atoms with Crippen LogP contribution in [0.5, 0.6) is 0 Å². The first-order valence-electron chi connectivity index (χ1n) is 14.3. The fraction of sp³-hybridized carbons (Fsp3) is 0.312. The van der Waals surface area contributed by atoms with Crippen molar-refractivity contribution in [1.82, 2.24) is 24.4 Å². The van der Waals surface area contributed by atoms with Gasteiger partial charge in [0.25, 0.3) is 0 Å². The fourth-order valence-electron chi connectivity index (χ4n) is 5.76. The number of primary amides is 1. The van der Waals surface area contributed by atoms with Gasteiger partial charge in [-0.25, -0.2) is 23.1 Å². The molecule has 3 aromatic heterocycles. The lowest BCUT2D eigenvalue weighted by Gasteiger charge is -2.40. The van der Waals surface area contributed by atoms with Crippen LogP contribution in [0.15, 0.2) is 54.0 Å². The summed E-state index contributed by atoms with van der Waals surface area (Å²) in [6, 6.07) is 6.67. The van der Waals surface area contributed by atoms with Crippen LogP contribution in [0.25, 0.3) is 28.0 Å². The second-order valence-electron chi connectivity index (χ2n) is 11.2. The molecule has 0 aliphatic carbocycles. The van der Waals surface area contributed by atoms with E-state index in [9.17, 15) is 14.4 Å². The highest BCUT2D eigenvalue weighted by molar-refractivity contribution is 5.92. The third-order valence-electron chi connectivity index (χ3n) is 7.81. The number of fused-ring (bicyclic) bond motifs is 1. The average Bonchev–Trinajstić information content (AvgIpc) is 2.97. The number of carbonyl (C=O) groups excluding carboxylic acids is 2. The second-order valence-corrected chi connectivity index (χ2v) is 11.2. The second kappa shape index (κ2) is 11.9. The van der Waals surface area contributed by atoms with Gasteiger partial charge in [-0.15, -0.1) is 0 Å². The molecule has 4 heterocycles. The number of pyridine rings is 2. The van der Waals surface area contributed by atoms with Crippen molar-refractivity contribution in [1.29, 1.82) is 0 Å². The minimum atomic E-state index is -0.873. The number of nitrogens with two attached hydrogens (primary N) is 1. The highest BCUT2D eigenvalue weighted by Gasteiger charge is 2.31. The molecule has 10 nitrogen and oxygen atoms in total. The van der Waals surface area contributed by atoms with E-state index in [1.165, 1.54) is 28.8 Å². The van der Waals surface area contributed by atoms with E-state index in [1.807, 2.05) is 32.6 Å². The van der Waals surface area contributed by atoms with Gasteiger partial charge in [-0.3, -0.25) is 14.6 Å². The highest BCUT2D eigenvalue weighted by Crippen LogP contribution is 2.35. The van der Waals surface area contributed by atoms with Gasteiger partial charge in [0.1, 0.15) is 23.1 Å². The van der Waals surface area contributed by atoms with E-state index < -0.39 is 23.2 Å². The van der Waals surface area contributed by atoms with Gasteiger partial charge in [-0.2, -0.15) is 4.98 Å². The van der Waals surface area contributed by atoms with Crippen LogP contribution in [0.3, 0.4) is 0 Å². The van der Waals surface area contributed by atoms with Crippen LogP contribution < -0.4 is 16.3 Å². The third kappa shape index (κ3) is 5.43. The van der Waals surface area contributed by atoms with Gasteiger partial charge in [0.2, 0.25) is 11.8 Å². The van der Waals surface area contributed by atoms with E-state index in [0.717, 1.165) is 6.07 Å². The van der Waals surface area contributed by atoms with E-state index in [4.69, 9.17) is 5.73 Å². The zero-order chi connectivity index (χ0) is 31.9. The topological polar surface area (TPSA) is 127 Å². The van der Waals surface area contributed by atoms with Crippen LogP contribution >= 0.6 is 0 Å². The Balaban J connectivity index is 1.84. The van der Waals surface area contributed by atoms with Gasteiger partial charge >= 0.3 is 5.69 Å². The monoisotopic (exact) mass is 601 g/mol. The zero-order valence-electron chi connectivity index (χ0n) is 25.0. The molecule has 1 fully saturated rings. The van der Waals surface area contributed by atoms with Crippen molar-refractivity contribution < 1.29 is 18.4 Å². The Morgan fingerprint density at radius 1 is 1.16 bits per heavy atom. The molecular weight excluding hydrogens is 568 g/mol. The maximum absolute atomic E-state index is 16.1. The molecule has 1 saturated heterocycles. The summed E-state index contributed by atoms with van der Waals surface area (Å²) in [6.07, 6.45) is 2.55. The molecule has 5 rings (SSSR count). The van der Waals surface area contributed by atoms with Crippen LogP contribution in [0.4, 0.5) is 14.6 Å². The van der Waals surface area contributed by atoms with Crippen molar-refractivity contribution >= 4 is 28.7 Å². The molecule has 1 aliphatic rings. The number of amides is 2. The van der Waals surface area contributed by atoms with Gasteiger partial charge in [-0.1, -0.05) is 32.6 Å². The largest absolute Gasteiger partial charge is 0.369 e. The molecule has 2 N–H and O–H groups in total. The summed E-state index contributed by atoms with van der Waals surface area (Å²) in [5.41, 5.74) is 6.08. The Kier molecular flexibility index (Phi) is 8.27. The van der Waals surface area contributed by atoms with Crippen molar-refractivity contribution in [2.45, 2.75) is 46.1 Å². The van der Waals surface area contributed by atoms with Crippen molar-refractivity contribution in [3.8, 4) is 16.9 Å². The number of aromatic nitrogens is 4. The van der Waals surface area contributed by atoms with Gasteiger partial charge in [-0.05, 0) is 55.2 Å². The van der Waals surface area contributed by atoms with Crippen molar-refractivity contribution in [3.05, 3.63) is 88.1 Å². The van der Waals surface area contributed by atoms with Crippen molar-refractivity contribution in [3.63, 3.8) is 0 Å². The summed E-state index contributed by atoms with van der Waals surface area (Å²) in [6.45, 7) is 12.1. The Labute approximate surface area is 252 Å². The first-order valence-corrected chi connectivity index (χ1v) is 14.3. The summed E-state index contributed by atoms with van der Waals surface area (Å²) < 4.78 is 32.8. The summed E-state index contributed by atoms with van der Waals surface area (Å²) >= 11 is 0. The van der Waals surface area contributed by atoms with E-state index >= 15 is 8.78 Å². The maximum Gasteiger partial charge on any atom is 0.355 e. The highest BCUT2D eigenvalue weighted by atomic mass is 19.1. The lowest BCUT2D eigenvalue weighted by atomic mass is 9.99. The Morgan fingerprint density at radius 3 is 2.57 bits per heavy atom. The molecule has 0 radical (unpaired) electrons. The lowest BCUT2D eigenvalue weighted by molar-refractivity contribution is -0.126.